The number of terminal acetylenes is 1. The van der Waals surface area contributed by atoms with Gasteiger partial charge in [0.05, 0.1) is 0 Å². The standard InChI is InChI=1S/C29H30O2/c1-4-15-29(31)16-14-26-24-12-10-21-17-22(30)11-13-23(21)27(24)25(18-28(26,29)3)20-8-6-19(5-2)7-9-20/h2,6-9,17,24-26,31H,10-14,16,18H2,1,3H3/t24-,25+,26-,28-,29-/m0/s1. The van der Waals surface area contributed by atoms with Gasteiger partial charge in [-0.05, 0) is 92.2 Å². The van der Waals surface area contributed by atoms with E-state index in [2.05, 4.69) is 36.8 Å². The fourth-order valence-corrected chi connectivity index (χ4v) is 7.19. The molecule has 0 aromatic heterocycles. The molecule has 0 heterocycles. The van der Waals surface area contributed by atoms with Crippen molar-refractivity contribution in [1.29, 1.82) is 0 Å². The highest BCUT2D eigenvalue weighted by molar-refractivity contribution is 5.93. The monoisotopic (exact) mass is 410 g/mol. The first-order valence-electron chi connectivity index (χ1n) is 11.6. The summed E-state index contributed by atoms with van der Waals surface area (Å²) in [6, 6.07) is 8.39. The first-order valence-corrected chi connectivity index (χ1v) is 11.6. The summed E-state index contributed by atoms with van der Waals surface area (Å²) in [6.07, 6.45) is 13.7. The van der Waals surface area contributed by atoms with E-state index in [1.54, 1.807) is 0 Å². The van der Waals surface area contributed by atoms with Crippen LogP contribution in [0.15, 0.2) is 47.1 Å². The minimum atomic E-state index is -0.932. The molecule has 0 aliphatic heterocycles. The quantitative estimate of drug-likeness (QED) is 0.636. The molecule has 2 saturated carbocycles. The highest BCUT2D eigenvalue weighted by Crippen LogP contribution is 2.66. The molecule has 2 nitrogen and oxygen atoms in total. The number of ketones is 1. The molecule has 1 aromatic carbocycles. The van der Waals surface area contributed by atoms with Crippen molar-refractivity contribution in [2.24, 2.45) is 17.3 Å². The number of carbonyl (C=O) groups is 1. The number of aliphatic hydroxyl groups is 1. The molecule has 2 fully saturated rings. The Kier molecular flexibility index (Phi) is 4.76. The lowest BCUT2D eigenvalue weighted by Gasteiger charge is -2.53. The predicted octanol–water partition coefficient (Wildman–Crippen LogP) is 5.32. The summed E-state index contributed by atoms with van der Waals surface area (Å²) in [5, 5.41) is 11.7. The average Bonchev–Trinajstić information content (AvgIpc) is 3.03. The van der Waals surface area contributed by atoms with Crippen LogP contribution in [0.25, 0.3) is 0 Å². The number of benzene rings is 1. The van der Waals surface area contributed by atoms with Crippen LogP contribution >= 0.6 is 0 Å². The summed E-state index contributed by atoms with van der Waals surface area (Å²) < 4.78 is 0. The zero-order valence-corrected chi connectivity index (χ0v) is 18.5. The second-order valence-electron chi connectivity index (χ2n) is 10.0. The van der Waals surface area contributed by atoms with Crippen LogP contribution in [-0.2, 0) is 4.79 Å². The van der Waals surface area contributed by atoms with Crippen LogP contribution < -0.4 is 0 Å². The molecule has 1 aromatic rings. The second kappa shape index (κ2) is 7.25. The van der Waals surface area contributed by atoms with E-state index in [1.165, 1.54) is 22.3 Å². The van der Waals surface area contributed by atoms with Crippen molar-refractivity contribution in [2.45, 2.75) is 70.3 Å². The Morgan fingerprint density at radius 1 is 1.13 bits per heavy atom. The van der Waals surface area contributed by atoms with E-state index in [0.29, 0.717) is 18.3 Å². The summed E-state index contributed by atoms with van der Waals surface area (Å²) in [5.41, 5.74) is 5.21. The second-order valence-corrected chi connectivity index (χ2v) is 10.0. The van der Waals surface area contributed by atoms with Gasteiger partial charge >= 0.3 is 0 Å². The van der Waals surface area contributed by atoms with E-state index in [-0.39, 0.29) is 17.1 Å². The maximum Gasteiger partial charge on any atom is 0.156 e. The molecule has 0 radical (unpaired) electrons. The highest BCUT2D eigenvalue weighted by atomic mass is 16.3. The van der Waals surface area contributed by atoms with E-state index in [9.17, 15) is 9.90 Å². The first-order chi connectivity index (χ1) is 14.9. The number of rotatable bonds is 1. The fraction of sp³-hybridized carbons (Fsp3) is 0.483. The zero-order chi connectivity index (χ0) is 21.8. The van der Waals surface area contributed by atoms with Crippen molar-refractivity contribution in [3.63, 3.8) is 0 Å². The Hall–Kier alpha value is -2.55. The Bertz CT molecular complexity index is 1100. The molecule has 0 spiro atoms. The van der Waals surface area contributed by atoms with Crippen LogP contribution in [0.1, 0.15) is 75.8 Å². The summed E-state index contributed by atoms with van der Waals surface area (Å²) in [4.78, 5) is 12.1. The lowest BCUT2D eigenvalue weighted by Crippen LogP contribution is -2.51. The number of hydrogen-bond acceptors (Lipinski definition) is 2. The number of hydrogen-bond donors (Lipinski definition) is 1. The van der Waals surface area contributed by atoms with Crippen molar-refractivity contribution < 1.29 is 9.90 Å². The molecular formula is C29H30O2. The van der Waals surface area contributed by atoms with Gasteiger partial charge in [0.2, 0.25) is 0 Å². The average molecular weight is 411 g/mol. The molecule has 0 bridgehead atoms. The van der Waals surface area contributed by atoms with Crippen LogP contribution in [0.5, 0.6) is 0 Å². The van der Waals surface area contributed by atoms with Gasteiger partial charge in [0, 0.05) is 23.3 Å². The van der Waals surface area contributed by atoms with Gasteiger partial charge in [-0.3, -0.25) is 4.79 Å². The molecule has 2 heteroatoms. The molecule has 0 unspecified atom stereocenters. The third-order valence-electron chi connectivity index (χ3n) is 8.70. The minimum Gasteiger partial charge on any atom is -0.377 e. The summed E-state index contributed by atoms with van der Waals surface area (Å²) in [6.45, 7) is 4.10. The van der Waals surface area contributed by atoms with Crippen LogP contribution in [-0.4, -0.2) is 16.5 Å². The normalized spacial score (nSPS) is 36.4. The van der Waals surface area contributed by atoms with E-state index in [1.807, 2.05) is 25.1 Å². The van der Waals surface area contributed by atoms with Gasteiger partial charge in [0.1, 0.15) is 5.60 Å². The van der Waals surface area contributed by atoms with Crippen LogP contribution in [0.2, 0.25) is 0 Å². The van der Waals surface area contributed by atoms with E-state index in [4.69, 9.17) is 6.42 Å². The van der Waals surface area contributed by atoms with Crippen molar-refractivity contribution in [2.75, 3.05) is 0 Å². The van der Waals surface area contributed by atoms with Gasteiger partial charge in [-0.25, -0.2) is 0 Å². The van der Waals surface area contributed by atoms with Gasteiger partial charge < -0.3 is 5.11 Å². The SMILES string of the molecule is C#Cc1ccc([C@H]2C[C@@]3(C)[C@@H](CC[C@@]3(O)C#CC)[C@@H]3CCC4=CC(=O)CCC4=C32)cc1. The number of fused-ring (bicyclic) bond motifs is 4. The summed E-state index contributed by atoms with van der Waals surface area (Å²) in [5.74, 6) is 10.3. The van der Waals surface area contributed by atoms with Gasteiger partial charge in [-0.1, -0.05) is 36.5 Å². The van der Waals surface area contributed by atoms with E-state index in [0.717, 1.165) is 44.1 Å². The van der Waals surface area contributed by atoms with Crippen LogP contribution in [0.3, 0.4) is 0 Å². The summed E-state index contributed by atoms with van der Waals surface area (Å²) >= 11 is 0. The molecule has 4 aliphatic rings. The molecule has 1 N–H and O–H groups in total. The van der Waals surface area contributed by atoms with Gasteiger partial charge in [-0.2, -0.15) is 0 Å². The highest BCUT2D eigenvalue weighted by Gasteiger charge is 2.62. The predicted molar refractivity (Wildman–Crippen MR) is 123 cm³/mol. The molecule has 31 heavy (non-hydrogen) atoms. The van der Waals surface area contributed by atoms with Crippen molar-refractivity contribution in [3.8, 4) is 24.2 Å². The van der Waals surface area contributed by atoms with Crippen LogP contribution in [0.4, 0.5) is 0 Å². The lowest BCUT2D eigenvalue weighted by molar-refractivity contribution is -0.114. The van der Waals surface area contributed by atoms with Crippen molar-refractivity contribution >= 4 is 5.78 Å². The third-order valence-corrected chi connectivity index (χ3v) is 8.70. The molecule has 5 rings (SSSR count). The maximum atomic E-state index is 12.1. The van der Waals surface area contributed by atoms with Crippen LogP contribution in [0, 0.1) is 41.4 Å². The molecule has 4 aliphatic carbocycles. The Morgan fingerprint density at radius 3 is 2.61 bits per heavy atom. The topological polar surface area (TPSA) is 37.3 Å². The first kappa shape index (κ1) is 20.4. The molecular weight excluding hydrogens is 380 g/mol. The Labute approximate surface area is 185 Å². The fourth-order valence-electron chi connectivity index (χ4n) is 7.19. The minimum absolute atomic E-state index is 0.230. The van der Waals surface area contributed by atoms with Gasteiger partial charge in [-0.15, -0.1) is 12.3 Å². The lowest BCUT2D eigenvalue weighted by atomic mass is 9.51. The van der Waals surface area contributed by atoms with Crippen molar-refractivity contribution in [1.82, 2.24) is 0 Å². The third kappa shape index (κ3) is 2.96. The molecule has 158 valence electrons. The number of carbonyl (C=O) groups excluding carboxylic acids is 1. The van der Waals surface area contributed by atoms with Gasteiger partial charge in [0.15, 0.2) is 5.78 Å². The van der Waals surface area contributed by atoms with Gasteiger partial charge in [0.25, 0.3) is 0 Å². The smallest absolute Gasteiger partial charge is 0.156 e. The van der Waals surface area contributed by atoms with E-state index < -0.39 is 5.60 Å². The largest absolute Gasteiger partial charge is 0.377 e. The number of allylic oxidation sites excluding steroid dienone is 4. The van der Waals surface area contributed by atoms with Crippen molar-refractivity contribution in [3.05, 3.63) is 58.2 Å². The molecule has 5 atom stereocenters. The molecule has 0 amide bonds. The zero-order valence-electron chi connectivity index (χ0n) is 18.5. The molecule has 0 saturated heterocycles. The maximum absolute atomic E-state index is 12.1. The Morgan fingerprint density at radius 2 is 1.90 bits per heavy atom. The Balaban J connectivity index is 1.69. The summed E-state index contributed by atoms with van der Waals surface area (Å²) in [7, 11) is 0. The van der Waals surface area contributed by atoms with E-state index >= 15 is 0 Å².